The van der Waals surface area contributed by atoms with Gasteiger partial charge in [0.05, 0.1) is 13.2 Å². The van der Waals surface area contributed by atoms with Crippen LogP contribution in [0, 0.1) is 0 Å². The van der Waals surface area contributed by atoms with Gasteiger partial charge in [-0.1, -0.05) is 31.5 Å². The SMILES string of the molecule is CCCC(O)CNC(C)Cc1ccccc1OC. The molecule has 3 nitrogen and oxygen atoms in total. The van der Waals surface area contributed by atoms with Crippen molar-refractivity contribution in [3.63, 3.8) is 0 Å². The van der Waals surface area contributed by atoms with Crippen LogP contribution in [0.15, 0.2) is 24.3 Å². The van der Waals surface area contributed by atoms with E-state index in [4.69, 9.17) is 4.74 Å². The molecule has 0 aliphatic heterocycles. The molecular weight excluding hydrogens is 226 g/mol. The largest absolute Gasteiger partial charge is 0.496 e. The van der Waals surface area contributed by atoms with Crippen LogP contribution in [0.2, 0.25) is 0 Å². The molecule has 3 heteroatoms. The molecule has 2 unspecified atom stereocenters. The summed E-state index contributed by atoms with van der Waals surface area (Å²) in [6.07, 6.45) is 2.54. The first-order chi connectivity index (χ1) is 8.67. The van der Waals surface area contributed by atoms with E-state index in [9.17, 15) is 5.11 Å². The van der Waals surface area contributed by atoms with Crippen LogP contribution in [0.25, 0.3) is 0 Å². The maximum atomic E-state index is 9.68. The van der Waals surface area contributed by atoms with E-state index in [1.54, 1.807) is 7.11 Å². The quantitative estimate of drug-likeness (QED) is 0.745. The Morgan fingerprint density at radius 1 is 1.33 bits per heavy atom. The molecule has 0 saturated carbocycles. The molecule has 1 aromatic carbocycles. The summed E-state index contributed by atoms with van der Waals surface area (Å²) in [5.41, 5.74) is 1.20. The highest BCUT2D eigenvalue weighted by Crippen LogP contribution is 2.18. The lowest BCUT2D eigenvalue weighted by Crippen LogP contribution is -2.35. The molecule has 0 amide bonds. The minimum Gasteiger partial charge on any atom is -0.496 e. The number of para-hydroxylation sites is 1. The predicted octanol–water partition coefficient (Wildman–Crippen LogP) is 2.38. The number of methoxy groups -OCH3 is 1. The smallest absolute Gasteiger partial charge is 0.122 e. The fraction of sp³-hybridized carbons (Fsp3) is 0.600. The van der Waals surface area contributed by atoms with Gasteiger partial charge in [-0.15, -0.1) is 0 Å². The average Bonchev–Trinajstić information content (AvgIpc) is 2.37. The van der Waals surface area contributed by atoms with Crippen molar-refractivity contribution in [1.29, 1.82) is 0 Å². The molecule has 2 N–H and O–H groups in total. The van der Waals surface area contributed by atoms with Gasteiger partial charge in [-0.3, -0.25) is 0 Å². The Morgan fingerprint density at radius 3 is 2.72 bits per heavy atom. The first-order valence-electron chi connectivity index (χ1n) is 6.70. The first-order valence-corrected chi connectivity index (χ1v) is 6.70. The zero-order chi connectivity index (χ0) is 13.4. The zero-order valence-corrected chi connectivity index (χ0v) is 11.6. The monoisotopic (exact) mass is 251 g/mol. The molecule has 1 aromatic rings. The van der Waals surface area contributed by atoms with E-state index in [1.165, 1.54) is 5.56 Å². The van der Waals surface area contributed by atoms with Crippen molar-refractivity contribution < 1.29 is 9.84 Å². The van der Waals surface area contributed by atoms with Gasteiger partial charge in [-0.05, 0) is 31.4 Å². The van der Waals surface area contributed by atoms with Gasteiger partial charge < -0.3 is 15.2 Å². The second-order valence-corrected chi connectivity index (χ2v) is 4.77. The normalized spacial score (nSPS) is 14.2. The fourth-order valence-corrected chi connectivity index (χ4v) is 2.05. The number of benzene rings is 1. The molecular formula is C15H25NO2. The molecule has 0 spiro atoms. The molecule has 0 aromatic heterocycles. The van der Waals surface area contributed by atoms with E-state index in [0.29, 0.717) is 12.6 Å². The minimum atomic E-state index is -0.241. The van der Waals surface area contributed by atoms with Gasteiger partial charge in [0.2, 0.25) is 0 Å². The van der Waals surface area contributed by atoms with Crippen LogP contribution < -0.4 is 10.1 Å². The van der Waals surface area contributed by atoms with Crippen molar-refractivity contribution >= 4 is 0 Å². The highest BCUT2D eigenvalue weighted by molar-refractivity contribution is 5.33. The number of hydrogen-bond donors (Lipinski definition) is 2. The predicted molar refractivity (Wildman–Crippen MR) is 75.1 cm³/mol. The standard InChI is InChI=1S/C15H25NO2/c1-4-7-14(17)11-16-12(2)10-13-8-5-6-9-15(13)18-3/h5-6,8-9,12,14,16-17H,4,7,10-11H2,1-3H3. The molecule has 0 saturated heterocycles. The van der Waals surface area contributed by atoms with E-state index in [-0.39, 0.29) is 6.10 Å². The summed E-state index contributed by atoms with van der Waals surface area (Å²) < 4.78 is 5.33. The molecule has 102 valence electrons. The van der Waals surface area contributed by atoms with E-state index in [1.807, 2.05) is 18.2 Å². The Balaban J connectivity index is 2.41. The zero-order valence-electron chi connectivity index (χ0n) is 11.6. The van der Waals surface area contributed by atoms with Gasteiger partial charge in [-0.25, -0.2) is 0 Å². The van der Waals surface area contributed by atoms with E-state index in [2.05, 4.69) is 25.2 Å². The number of nitrogens with one attached hydrogen (secondary N) is 1. The molecule has 1 rings (SSSR count). The lowest BCUT2D eigenvalue weighted by atomic mass is 10.1. The van der Waals surface area contributed by atoms with Gasteiger partial charge in [0.1, 0.15) is 5.75 Å². The van der Waals surface area contributed by atoms with Crippen LogP contribution in [0.3, 0.4) is 0 Å². The molecule has 0 bridgehead atoms. The van der Waals surface area contributed by atoms with Crippen LogP contribution in [0.4, 0.5) is 0 Å². The number of aliphatic hydroxyl groups is 1. The highest BCUT2D eigenvalue weighted by Gasteiger charge is 2.09. The number of ether oxygens (including phenoxy) is 1. The Morgan fingerprint density at radius 2 is 2.06 bits per heavy atom. The molecule has 0 heterocycles. The fourth-order valence-electron chi connectivity index (χ4n) is 2.05. The highest BCUT2D eigenvalue weighted by atomic mass is 16.5. The molecule has 0 aliphatic carbocycles. The van der Waals surface area contributed by atoms with Gasteiger partial charge in [0, 0.05) is 12.6 Å². The van der Waals surface area contributed by atoms with Crippen LogP contribution in [0.5, 0.6) is 5.75 Å². The lowest BCUT2D eigenvalue weighted by molar-refractivity contribution is 0.157. The van der Waals surface area contributed by atoms with Gasteiger partial charge in [0.25, 0.3) is 0 Å². The summed E-state index contributed by atoms with van der Waals surface area (Å²) in [5.74, 6) is 0.931. The summed E-state index contributed by atoms with van der Waals surface area (Å²) in [4.78, 5) is 0. The van der Waals surface area contributed by atoms with Gasteiger partial charge in [-0.2, -0.15) is 0 Å². The Hall–Kier alpha value is -1.06. The third-order valence-corrected chi connectivity index (χ3v) is 3.04. The van der Waals surface area contributed by atoms with Crippen LogP contribution in [-0.4, -0.2) is 30.9 Å². The van der Waals surface area contributed by atoms with Crippen LogP contribution in [-0.2, 0) is 6.42 Å². The van der Waals surface area contributed by atoms with Crippen molar-refractivity contribution in [1.82, 2.24) is 5.32 Å². The van der Waals surface area contributed by atoms with E-state index < -0.39 is 0 Å². The van der Waals surface area contributed by atoms with Gasteiger partial charge >= 0.3 is 0 Å². The molecule has 18 heavy (non-hydrogen) atoms. The Kier molecular flexibility index (Phi) is 6.76. The van der Waals surface area contributed by atoms with Crippen LogP contribution in [0.1, 0.15) is 32.3 Å². The van der Waals surface area contributed by atoms with Gasteiger partial charge in [0.15, 0.2) is 0 Å². The van der Waals surface area contributed by atoms with Crippen molar-refractivity contribution in [2.75, 3.05) is 13.7 Å². The molecule has 0 aliphatic rings. The Bertz CT molecular complexity index is 341. The summed E-state index contributed by atoms with van der Waals surface area (Å²) in [5, 5.41) is 13.0. The van der Waals surface area contributed by atoms with Crippen molar-refractivity contribution in [2.45, 2.75) is 45.3 Å². The first kappa shape index (κ1) is 15.0. The van der Waals surface area contributed by atoms with Crippen molar-refractivity contribution in [3.05, 3.63) is 29.8 Å². The number of aliphatic hydroxyl groups excluding tert-OH is 1. The second kappa shape index (κ2) is 8.11. The lowest BCUT2D eigenvalue weighted by Gasteiger charge is -2.18. The van der Waals surface area contributed by atoms with Crippen LogP contribution >= 0.6 is 0 Å². The average molecular weight is 251 g/mol. The summed E-state index contributed by atoms with van der Waals surface area (Å²) in [7, 11) is 1.70. The van der Waals surface area contributed by atoms with Crippen molar-refractivity contribution in [2.24, 2.45) is 0 Å². The maximum absolute atomic E-state index is 9.68. The third-order valence-electron chi connectivity index (χ3n) is 3.04. The minimum absolute atomic E-state index is 0.241. The number of rotatable bonds is 8. The maximum Gasteiger partial charge on any atom is 0.122 e. The summed E-state index contributed by atoms with van der Waals surface area (Å²) >= 11 is 0. The van der Waals surface area contributed by atoms with E-state index >= 15 is 0 Å². The molecule has 0 fully saturated rings. The second-order valence-electron chi connectivity index (χ2n) is 4.77. The number of hydrogen-bond acceptors (Lipinski definition) is 3. The summed E-state index contributed by atoms with van der Waals surface area (Å²) in [6, 6.07) is 8.39. The third kappa shape index (κ3) is 5.07. The van der Waals surface area contributed by atoms with Crippen molar-refractivity contribution in [3.8, 4) is 5.75 Å². The Labute approximate surface area is 110 Å². The summed E-state index contributed by atoms with van der Waals surface area (Å²) in [6.45, 7) is 4.87. The topological polar surface area (TPSA) is 41.5 Å². The molecule has 0 radical (unpaired) electrons. The molecule has 2 atom stereocenters. The van der Waals surface area contributed by atoms with E-state index in [0.717, 1.165) is 25.0 Å².